The molecule has 2 amide bonds. The van der Waals surface area contributed by atoms with Gasteiger partial charge < -0.3 is 14.8 Å². The zero-order valence-electron chi connectivity index (χ0n) is 15.4. The highest BCUT2D eigenvalue weighted by Crippen LogP contribution is 2.23. The fourth-order valence-corrected chi connectivity index (χ4v) is 4.11. The summed E-state index contributed by atoms with van der Waals surface area (Å²) in [5, 5.41) is 2.98. The first-order valence-corrected chi connectivity index (χ1v) is 9.90. The van der Waals surface area contributed by atoms with Crippen LogP contribution in [0.2, 0.25) is 0 Å². The third-order valence-corrected chi connectivity index (χ3v) is 5.21. The van der Waals surface area contributed by atoms with Gasteiger partial charge in [-0.2, -0.15) is 0 Å². The predicted molar refractivity (Wildman–Crippen MR) is 105 cm³/mol. The van der Waals surface area contributed by atoms with Gasteiger partial charge in [-0.15, -0.1) is 11.8 Å². The van der Waals surface area contributed by atoms with Gasteiger partial charge in [0.05, 0.1) is 12.3 Å². The fraction of sp³-hybridized carbons (Fsp3) is 0.400. The Balaban J connectivity index is 1.64. The van der Waals surface area contributed by atoms with E-state index in [1.807, 2.05) is 74.1 Å². The van der Waals surface area contributed by atoms with Crippen LogP contribution in [0.4, 0.5) is 0 Å². The first-order chi connectivity index (χ1) is 12.3. The summed E-state index contributed by atoms with van der Waals surface area (Å²) < 4.78 is 2.02. The molecule has 138 valence electrons. The number of aromatic nitrogens is 1. The number of thioether (sulfide) groups is 1. The molecule has 26 heavy (non-hydrogen) atoms. The van der Waals surface area contributed by atoms with Crippen molar-refractivity contribution in [2.24, 2.45) is 0 Å². The molecule has 1 aromatic carbocycles. The SMILES string of the molecule is CC(C)(C)NC(=O)C1CSCN1C(=O)Cc1ccc(-n2cccc2)cc1. The normalized spacial score (nSPS) is 17.3. The summed E-state index contributed by atoms with van der Waals surface area (Å²) in [4.78, 5) is 26.9. The number of benzene rings is 1. The number of carbonyl (C=O) groups excluding carboxylic acids is 2. The van der Waals surface area contributed by atoms with E-state index < -0.39 is 0 Å². The molecule has 6 heteroatoms. The van der Waals surface area contributed by atoms with Crippen molar-refractivity contribution in [2.75, 3.05) is 11.6 Å². The zero-order valence-corrected chi connectivity index (χ0v) is 16.3. The molecule has 0 spiro atoms. The van der Waals surface area contributed by atoms with Crippen molar-refractivity contribution in [2.45, 2.75) is 38.8 Å². The van der Waals surface area contributed by atoms with Gasteiger partial charge in [-0.05, 0) is 50.6 Å². The van der Waals surface area contributed by atoms with Gasteiger partial charge in [0.15, 0.2) is 0 Å². The van der Waals surface area contributed by atoms with Crippen LogP contribution in [0, 0.1) is 0 Å². The maximum atomic E-state index is 12.7. The maximum Gasteiger partial charge on any atom is 0.244 e. The lowest BCUT2D eigenvalue weighted by molar-refractivity contribution is -0.138. The number of hydrogen-bond acceptors (Lipinski definition) is 3. The Morgan fingerprint density at radius 3 is 2.42 bits per heavy atom. The number of nitrogens with zero attached hydrogens (tertiary/aromatic N) is 2. The first kappa shape index (κ1) is 18.6. The van der Waals surface area contributed by atoms with Crippen LogP contribution in [0.1, 0.15) is 26.3 Å². The van der Waals surface area contributed by atoms with E-state index in [1.165, 1.54) is 0 Å². The first-order valence-electron chi connectivity index (χ1n) is 8.75. The third kappa shape index (κ3) is 4.49. The van der Waals surface area contributed by atoms with Gasteiger partial charge in [0, 0.05) is 29.4 Å². The van der Waals surface area contributed by atoms with Gasteiger partial charge in [-0.3, -0.25) is 9.59 Å². The van der Waals surface area contributed by atoms with Gasteiger partial charge in [-0.1, -0.05) is 12.1 Å². The summed E-state index contributed by atoms with van der Waals surface area (Å²) in [5.74, 6) is 1.15. The highest BCUT2D eigenvalue weighted by Gasteiger charge is 2.35. The molecule has 3 rings (SSSR count). The van der Waals surface area contributed by atoms with Crippen LogP contribution in [0.5, 0.6) is 0 Å². The number of nitrogens with one attached hydrogen (secondary N) is 1. The van der Waals surface area contributed by atoms with Crippen LogP contribution in [-0.4, -0.2) is 44.5 Å². The molecule has 1 atom stereocenters. The summed E-state index contributed by atoms with van der Waals surface area (Å²) in [6, 6.07) is 11.5. The Labute approximate surface area is 158 Å². The van der Waals surface area contributed by atoms with E-state index in [0.717, 1.165) is 11.3 Å². The molecule has 1 saturated heterocycles. The molecule has 1 unspecified atom stereocenters. The van der Waals surface area contributed by atoms with Gasteiger partial charge in [0.2, 0.25) is 11.8 Å². The number of amides is 2. The molecule has 0 radical (unpaired) electrons. The van der Waals surface area contributed by atoms with Crippen LogP contribution in [0.3, 0.4) is 0 Å². The lowest BCUT2D eigenvalue weighted by atomic mass is 10.1. The Morgan fingerprint density at radius 2 is 1.81 bits per heavy atom. The van der Waals surface area contributed by atoms with Crippen molar-refractivity contribution in [3.8, 4) is 5.69 Å². The standard InChI is InChI=1S/C20H25N3O2S/c1-20(2,3)21-19(25)17-13-26-14-23(17)18(24)12-15-6-8-16(9-7-15)22-10-4-5-11-22/h4-11,17H,12-14H2,1-3H3,(H,21,25). The topological polar surface area (TPSA) is 54.3 Å². The maximum absolute atomic E-state index is 12.7. The molecule has 0 saturated carbocycles. The molecule has 1 aliphatic heterocycles. The molecular weight excluding hydrogens is 346 g/mol. The summed E-state index contributed by atoms with van der Waals surface area (Å²) in [6.07, 6.45) is 4.28. The monoisotopic (exact) mass is 371 g/mol. The number of rotatable bonds is 4. The second kappa shape index (κ2) is 7.58. The second-order valence-electron chi connectivity index (χ2n) is 7.55. The number of carbonyl (C=O) groups is 2. The van der Waals surface area contributed by atoms with Crippen LogP contribution < -0.4 is 5.32 Å². The van der Waals surface area contributed by atoms with Crippen molar-refractivity contribution in [1.82, 2.24) is 14.8 Å². The minimum absolute atomic E-state index is 0.00206. The second-order valence-corrected chi connectivity index (χ2v) is 8.55. The van der Waals surface area contributed by atoms with Crippen molar-refractivity contribution < 1.29 is 9.59 Å². The molecule has 5 nitrogen and oxygen atoms in total. The average molecular weight is 372 g/mol. The highest BCUT2D eigenvalue weighted by atomic mass is 32.2. The molecule has 1 N–H and O–H groups in total. The minimum Gasteiger partial charge on any atom is -0.350 e. The van der Waals surface area contributed by atoms with Crippen molar-refractivity contribution >= 4 is 23.6 Å². The molecule has 1 aromatic heterocycles. The highest BCUT2D eigenvalue weighted by molar-refractivity contribution is 7.99. The summed E-state index contributed by atoms with van der Waals surface area (Å²) in [7, 11) is 0. The minimum atomic E-state index is -0.383. The lowest BCUT2D eigenvalue weighted by Gasteiger charge is -2.27. The number of hydrogen-bond donors (Lipinski definition) is 1. The van der Waals surface area contributed by atoms with E-state index >= 15 is 0 Å². The smallest absolute Gasteiger partial charge is 0.244 e. The Kier molecular flexibility index (Phi) is 5.41. The summed E-state index contributed by atoms with van der Waals surface area (Å²) in [5.41, 5.74) is 1.72. The zero-order chi connectivity index (χ0) is 18.7. The predicted octanol–water partition coefficient (Wildman–Crippen LogP) is 2.84. The van der Waals surface area contributed by atoms with E-state index in [2.05, 4.69) is 5.32 Å². The van der Waals surface area contributed by atoms with E-state index in [-0.39, 0.29) is 23.4 Å². The Hall–Kier alpha value is -2.21. The van der Waals surface area contributed by atoms with Crippen LogP contribution in [-0.2, 0) is 16.0 Å². The van der Waals surface area contributed by atoms with E-state index in [9.17, 15) is 9.59 Å². The molecule has 1 aliphatic rings. The van der Waals surface area contributed by atoms with Gasteiger partial charge in [-0.25, -0.2) is 0 Å². The van der Waals surface area contributed by atoms with Crippen LogP contribution in [0.25, 0.3) is 5.69 Å². The lowest BCUT2D eigenvalue weighted by Crippen LogP contribution is -2.52. The molecule has 2 aromatic rings. The third-order valence-electron chi connectivity index (χ3n) is 4.20. The fourth-order valence-electron chi connectivity index (χ4n) is 2.93. The summed E-state index contributed by atoms with van der Waals surface area (Å²) >= 11 is 1.63. The summed E-state index contributed by atoms with van der Waals surface area (Å²) in [6.45, 7) is 5.85. The Morgan fingerprint density at radius 1 is 1.15 bits per heavy atom. The van der Waals surface area contributed by atoms with Gasteiger partial charge in [0.1, 0.15) is 6.04 Å². The van der Waals surface area contributed by atoms with E-state index in [0.29, 0.717) is 18.1 Å². The van der Waals surface area contributed by atoms with Gasteiger partial charge in [0.25, 0.3) is 0 Å². The van der Waals surface area contributed by atoms with Crippen LogP contribution in [0.15, 0.2) is 48.8 Å². The van der Waals surface area contributed by atoms with Crippen molar-refractivity contribution in [3.05, 3.63) is 54.4 Å². The quantitative estimate of drug-likeness (QED) is 0.899. The molecular formula is C20H25N3O2S. The average Bonchev–Trinajstić information content (AvgIpc) is 3.26. The van der Waals surface area contributed by atoms with Crippen LogP contribution >= 0.6 is 11.8 Å². The van der Waals surface area contributed by atoms with Gasteiger partial charge >= 0.3 is 0 Å². The molecule has 2 heterocycles. The van der Waals surface area contributed by atoms with E-state index in [1.54, 1.807) is 16.7 Å². The van der Waals surface area contributed by atoms with E-state index in [4.69, 9.17) is 0 Å². The van der Waals surface area contributed by atoms with Crippen molar-refractivity contribution in [3.63, 3.8) is 0 Å². The molecule has 0 bridgehead atoms. The molecule has 0 aliphatic carbocycles. The van der Waals surface area contributed by atoms with Crippen molar-refractivity contribution in [1.29, 1.82) is 0 Å². The largest absolute Gasteiger partial charge is 0.350 e. The Bertz CT molecular complexity index is 763. The molecule has 1 fully saturated rings.